The van der Waals surface area contributed by atoms with E-state index in [1.807, 2.05) is 0 Å². The van der Waals surface area contributed by atoms with Crippen molar-refractivity contribution in [3.63, 3.8) is 0 Å². The Labute approximate surface area is 75.0 Å². The number of aryl methyl sites for hydroxylation is 1. The molecule has 0 aromatic heterocycles. The number of hydrogen-bond donors (Lipinski definition) is 2. The summed E-state index contributed by atoms with van der Waals surface area (Å²) >= 11 is 0. The Balaban J connectivity index is 3.15. The maximum Gasteiger partial charge on any atom is 0.159 e. The lowest BCUT2D eigenvalue weighted by atomic mass is 10.0. The molecule has 0 aliphatic heterocycles. The summed E-state index contributed by atoms with van der Waals surface area (Å²) in [6, 6.07) is 2.02. The van der Waals surface area contributed by atoms with Crippen LogP contribution in [0.4, 0.5) is 8.78 Å². The summed E-state index contributed by atoms with van der Waals surface area (Å²) in [7, 11) is 0. The van der Waals surface area contributed by atoms with Gasteiger partial charge < -0.3 is 10.8 Å². The third-order valence-electron chi connectivity index (χ3n) is 1.89. The van der Waals surface area contributed by atoms with E-state index in [1.165, 1.54) is 0 Å². The second-order valence-electron chi connectivity index (χ2n) is 2.87. The van der Waals surface area contributed by atoms with Crippen molar-refractivity contribution < 1.29 is 13.9 Å². The zero-order chi connectivity index (χ0) is 10.0. The van der Waals surface area contributed by atoms with Gasteiger partial charge in [-0.25, -0.2) is 8.78 Å². The highest BCUT2D eigenvalue weighted by molar-refractivity contribution is 5.29. The van der Waals surface area contributed by atoms with Crippen LogP contribution in [0, 0.1) is 18.6 Å². The molecule has 1 unspecified atom stereocenters. The first kappa shape index (κ1) is 10.1. The minimum Gasteiger partial charge on any atom is -0.387 e. The van der Waals surface area contributed by atoms with Crippen LogP contribution in [-0.4, -0.2) is 11.7 Å². The summed E-state index contributed by atoms with van der Waals surface area (Å²) in [5.74, 6) is -1.88. The Kier molecular flexibility index (Phi) is 2.95. The summed E-state index contributed by atoms with van der Waals surface area (Å²) in [6.45, 7) is 1.59. The molecule has 13 heavy (non-hydrogen) atoms. The molecule has 0 amide bonds. The average molecular weight is 187 g/mol. The molecule has 72 valence electrons. The van der Waals surface area contributed by atoms with Crippen LogP contribution in [0.3, 0.4) is 0 Å². The largest absolute Gasteiger partial charge is 0.387 e. The van der Waals surface area contributed by atoms with Gasteiger partial charge in [-0.2, -0.15) is 0 Å². The van der Waals surface area contributed by atoms with E-state index in [1.54, 1.807) is 6.92 Å². The summed E-state index contributed by atoms with van der Waals surface area (Å²) in [5.41, 5.74) is 6.03. The quantitative estimate of drug-likeness (QED) is 0.732. The molecule has 1 aromatic rings. The first-order valence-corrected chi connectivity index (χ1v) is 3.90. The fourth-order valence-electron chi connectivity index (χ4n) is 1.15. The SMILES string of the molecule is Cc1cc(F)c(F)cc1C(O)CN. The minimum absolute atomic E-state index is 0.00802. The number of halogens is 2. The molecule has 0 aliphatic rings. The third-order valence-corrected chi connectivity index (χ3v) is 1.89. The molecule has 1 rings (SSSR count). The van der Waals surface area contributed by atoms with Crippen LogP contribution >= 0.6 is 0 Å². The normalized spacial score (nSPS) is 13.0. The number of aliphatic hydroxyl groups excluding tert-OH is 1. The van der Waals surface area contributed by atoms with Gasteiger partial charge in [0, 0.05) is 6.54 Å². The van der Waals surface area contributed by atoms with Gasteiger partial charge in [0.25, 0.3) is 0 Å². The number of benzene rings is 1. The Morgan fingerprint density at radius 2 is 1.92 bits per heavy atom. The van der Waals surface area contributed by atoms with E-state index < -0.39 is 17.7 Å². The van der Waals surface area contributed by atoms with Gasteiger partial charge in [0.05, 0.1) is 6.10 Å². The lowest BCUT2D eigenvalue weighted by Crippen LogP contribution is -2.13. The molecule has 0 spiro atoms. The molecule has 0 fully saturated rings. The van der Waals surface area contributed by atoms with Crippen molar-refractivity contribution in [2.45, 2.75) is 13.0 Å². The smallest absolute Gasteiger partial charge is 0.159 e. The third kappa shape index (κ3) is 2.02. The fraction of sp³-hybridized carbons (Fsp3) is 0.333. The van der Waals surface area contributed by atoms with Gasteiger partial charge >= 0.3 is 0 Å². The topological polar surface area (TPSA) is 46.2 Å². The monoisotopic (exact) mass is 187 g/mol. The Morgan fingerprint density at radius 3 is 2.46 bits per heavy atom. The van der Waals surface area contributed by atoms with E-state index in [4.69, 9.17) is 5.73 Å². The molecule has 3 N–H and O–H groups in total. The summed E-state index contributed by atoms with van der Waals surface area (Å²) in [6.07, 6.45) is -0.935. The number of nitrogens with two attached hydrogens (primary N) is 1. The predicted molar refractivity (Wildman–Crippen MR) is 45.1 cm³/mol. The second kappa shape index (κ2) is 3.81. The number of hydrogen-bond acceptors (Lipinski definition) is 2. The molecule has 1 aromatic carbocycles. The highest BCUT2D eigenvalue weighted by atomic mass is 19.2. The summed E-state index contributed by atoms with van der Waals surface area (Å²) in [4.78, 5) is 0. The van der Waals surface area contributed by atoms with Crippen molar-refractivity contribution in [1.82, 2.24) is 0 Å². The Hall–Kier alpha value is -1.00. The zero-order valence-electron chi connectivity index (χ0n) is 7.22. The van der Waals surface area contributed by atoms with Crippen LogP contribution in [0.15, 0.2) is 12.1 Å². The molecular formula is C9H11F2NO. The van der Waals surface area contributed by atoms with Crippen molar-refractivity contribution in [2.75, 3.05) is 6.54 Å². The van der Waals surface area contributed by atoms with Gasteiger partial charge in [-0.15, -0.1) is 0 Å². The van der Waals surface area contributed by atoms with Gasteiger partial charge in [0.15, 0.2) is 11.6 Å². The minimum atomic E-state index is -0.965. The van der Waals surface area contributed by atoms with Crippen molar-refractivity contribution in [1.29, 1.82) is 0 Å². The molecular weight excluding hydrogens is 176 g/mol. The van der Waals surface area contributed by atoms with E-state index >= 15 is 0 Å². The van der Waals surface area contributed by atoms with Crippen molar-refractivity contribution in [2.24, 2.45) is 5.73 Å². The Bertz CT molecular complexity index is 315. The van der Waals surface area contributed by atoms with Crippen LogP contribution in [0.2, 0.25) is 0 Å². The molecule has 2 nitrogen and oxygen atoms in total. The van der Waals surface area contributed by atoms with E-state index in [2.05, 4.69) is 0 Å². The molecule has 4 heteroatoms. The van der Waals surface area contributed by atoms with Gasteiger partial charge in [0.2, 0.25) is 0 Å². The fourth-order valence-corrected chi connectivity index (χ4v) is 1.15. The lowest BCUT2D eigenvalue weighted by molar-refractivity contribution is 0.185. The van der Waals surface area contributed by atoms with E-state index in [0.717, 1.165) is 12.1 Å². The average Bonchev–Trinajstić information content (AvgIpc) is 2.10. The molecule has 0 bridgehead atoms. The Morgan fingerprint density at radius 1 is 1.38 bits per heavy atom. The first-order valence-electron chi connectivity index (χ1n) is 3.90. The number of rotatable bonds is 2. The molecule has 0 heterocycles. The van der Waals surface area contributed by atoms with Crippen molar-refractivity contribution in [3.05, 3.63) is 34.9 Å². The van der Waals surface area contributed by atoms with Crippen LogP contribution in [0.5, 0.6) is 0 Å². The van der Waals surface area contributed by atoms with Crippen molar-refractivity contribution >= 4 is 0 Å². The molecule has 0 saturated carbocycles. The summed E-state index contributed by atoms with van der Waals surface area (Å²) in [5, 5.41) is 9.31. The number of aliphatic hydroxyl groups is 1. The van der Waals surface area contributed by atoms with Crippen LogP contribution in [0.1, 0.15) is 17.2 Å². The molecule has 1 atom stereocenters. The molecule has 0 radical (unpaired) electrons. The van der Waals surface area contributed by atoms with Crippen LogP contribution < -0.4 is 5.73 Å². The van der Waals surface area contributed by atoms with Crippen LogP contribution in [0.25, 0.3) is 0 Å². The van der Waals surface area contributed by atoms with Gasteiger partial charge in [-0.1, -0.05) is 0 Å². The van der Waals surface area contributed by atoms with E-state index in [9.17, 15) is 13.9 Å². The highest BCUT2D eigenvalue weighted by Gasteiger charge is 2.12. The maximum absolute atomic E-state index is 12.7. The van der Waals surface area contributed by atoms with E-state index in [-0.39, 0.29) is 6.54 Å². The summed E-state index contributed by atoms with van der Waals surface area (Å²) < 4.78 is 25.4. The molecule has 0 aliphatic carbocycles. The molecule has 0 saturated heterocycles. The van der Waals surface area contributed by atoms with Gasteiger partial charge in [-0.3, -0.25) is 0 Å². The zero-order valence-corrected chi connectivity index (χ0v) is 7.22. The predicted octanol–water partition coefficient (Wildman–Crippen LogP) is 1.27. The van der Waals surface area contributed by atoms with E-state index in [0.29, 0.717) is 11.1 Å². The van der Waals surface area contributed by atoms with Crippen molar-refractivity contribution in [3.8, 4) is 0 Å². The van der Waals surface area contributed by atoms with Gasteiger partial charge in [0.1, 0.15) is 0 Å². The lowest BCUT2D eigenvalue weighted by Gasteiger charge is -2.11. The highest BCUT2D eigenvalue weighted by Crippen LogP contribution is 2.19. The van der Waals surface area contributed by atoms with Crippen LogP contribution in [-0.2, 0) is 0 Å². The standard InChI is InChI=1S/C9H11F2NO/c1-5-2-7(10)8(11)3-6(5)9(13)4-12/h2-3,9,13H,4,12H2,1H3. The second-order valence-corrected chi connectivity index (χ2v) is 2.87. The maximum atomic E-state index is 12.7. The first-order chi connectivity index (χ1) is 6.06. The van der Waals surface area contributed by atoms with Gasteiger partial charge in [-0.05, 0) is 30.2 Å².